The molecule has 0 aliphatic carbocycles. The van der Waals surface area contributed by atoms with E-state index in [-0.39, 0.29) is 0 Å². The molecule has 0 saturated carbocycles. The molecule has 2 rings (SSSR count). The van der Waals surface area contributed by atoms with E-state index in [1.54, 1.807) is 7.05 Å². The Kier molecular flexibility index (Phi) is 6.52. The van der Waals surface area contributed by atoms with Crippen molar-refractivity contribution in [2.24, 2.45) is 4.99 Å². The Morgan fingerprint density at radius 1 is 1.26 bits per heavy atom. The molecular formula is C17H25N5S. The molecule has 0 saturated heterocycles. The SMILES string of the molecule is CN=C(NCCSC)NCc1cc(N(C)C)nc2ccccc12. The molecular weight excluding hydrogens is 306 g/mol. The number of aliphatic imine (C=N–C) groups is 1. The largest absolute Gasteiger partial charge is 0.363 e. The van der Waals surface area contributed by atoms with Crippen LogP contribution in [-0.4, -0.2) is 50.6 Å². The molecule has 0 spiro atoms. The van der Waals surface area contributed by atoms with Gasteiger partial charge >= 0.3 is 0 Å². The molecule has 5 nitrogen and oxygen atoms in total. The number of pyridine rings is 1. The summed E-state index contributed by atoms with van der Waals surface area (Å²) in [5.74, 6) is 2.85. The first kappa shape index (κ1) is 17.4. The molecule has 1 aromatic heterocycles. The van der Waals surface area contributed by atoms with Gasteiger partial charge in [-0.15, -0.1) is 0 Å². The van der Waals surface area contributed by atoms with Gasteiger partial charge in [0.1, 0.15) is 5.82 Å². The normalized spacial score (nSPS) is 11.6. The third kappa shape index (κ3) is 4.76. The second kappa shape index (κ2) is 8.62. The Bertz CT molecular complexity index is 669. The number of fused-ring (bicyclic) bond motifs is 1. The summed E-state index contributed by atoms with van der Waals surface area (Å²) in [7, 11) is 5.82. The van der Waals surface area contributed by atoms with Gasteiger partial charge in [-0.2, -0.15) is 11.8 Å². The Morgan fingerprint density at radius 2 is 2.04 bits per heavy atom. The third-order valence-corrected chi connectivity index (χ3v) is 4.13. The summed E-state index contributed by atoms with van der Waals surface area (Å²) in [5.41, 5.74) is 2.23. The second-order valence-corrected chi connectivity index (χ2v) is 6.38. The van der Waals surface area contributed by atoms with Gasteiger partial charge in [0.15, 0.2) is 5.96 Å². The second-order valence-electron chi connectivity index (χ2n) is 5.40. The molecule has 23 heavy (non-hydrogen) atoms. The Morgan fingerprint density at radius 3 is 2.74 bits per heavy atom. The highest BCUT2D eigenvalue weighted by Gasteiger charge is 2.07. The molecule has 0 fully saturated rings. The van der Waals surface area contributed by atoms with Crippen LogP contribution in [0.5, 0.6) is 0 Å². The molecule has 0 aliphatic heterocycles. The topological polar surface area (TPSA) is 52.6 Å². The predicted octanol–water partition coefficient (Wildman–Crippen LogP) is 2.33. The smallest absolute Gasteiger partial charge is 0.191 e. The van der Waals surface area contributed by atoms with Crippen molar-refractivity contribution >= 4 is 34.4 Å². The summed E-state index contributed by atoms with van der Waals surface area (Å²) in [6.45, 7) is 1.61. The molecule has 0 radical (unpaired) electrons. The highest BCUT2D eigenvalue weighted by atomic mass is 32.2. The third-order valence-electron chi connectivity index (χ3n) is 3.52. The number of nitrogens with zero attached hydrogens (tertiary/aromatic N) is 3. The highest BCUT2D eigenvalue weighted by molar-refractivity contribution is 7.98. The minimum atomic E-state index is 0.711. The van der Waals surface area contributed by atoms with Gasteiger partial charge in [-0.1, -0.05) is 18.2 Å². The molecule has 1 heterocycles. The van der Waals surface area contributed by atoms with Crippen LogP contribution in [0.25, 0.3) is 10.9 Å². The van der Waals surface area contributed by atoms with E-state index in [0.29, 0.717) is 6.54 Å². The van der Waals surface area contributed by atoms with Crippen molar-refractivity contribution in [3.63, 3.8) is 0 Å². The quantitative estimate of drug-likeness (QED) is 0.483. The van der Waals surface area contributed by atoms with E-state index in [1.807, 2.05) is 42.9 Å². The molecule has 0 aliphatic rings. The molecule has 0 amide bonds. The van der Waals surface area contributed by atoms with E-state index < -0.39 is 0 Å². The summed E-state index contributed by atoms with van der Waals surface area (Å²) in [4.78, 5) is 11.0. The molecule has 2 aromatic rings. The number of hydrogen-bond donors (Lipinski definition) is 2. The van der Waals surface area contributed by atoms with Gasteiger partial charge in [0.05, 0.1) is 5.52 Å². The Balaban J connectivity index is 2.18. The van der Waals surface area contributed by atoms with Gasteiger partial charge in [-0.25, -0.2) is 4.98 Å². The number of rotatable bonds is 6. The van der Waals surface area contributed by atoms with Crippen LogP contribution < -0.4 is 15.5 Å². The van der Waals surface area contributed by atoms with Crippen LogP contribution in [-0.2, 0) is 6.54 Å². The Hall–Kier alpha value is -1.95. The summed E-state index contributed by atoms with van der Waals surface area (Å²) < 4.78 is 0. The highest BCUT2D eigenvalue weighted by Crippen LogP contribution is 2.21. The molecule has 2 N–H and O–H groups in total. The van der Waals surface area contributed by atoms with Crippen LogP contribution in [0.1, 0.15) is 5.56 Å². The molecule has 0 unspecified atom stereocenters. The van der Waals surface area contributed by atoms with Crippen LogP contribution in [0.2, 0.25) is 0 Å². The van der Waals surface area contributed by atoms with Crippen molar-refractivity contribution in [2.75, 3.05) is 44.6 Å². The fourth-order valence-electron chi connectivity index (χ4n) is 2.28. The summed E-state index contributed by atoms with van der Waals surface area (Å²) in [6, 6.07) is 10.4. The molecule has 0 bridgehead atoms. The van der Waals surface area contributed by atoms with Gasteiger partial charge in [-0.05, 0) is 24.0 Å². The lowest BCUT2D eigenvalue weighted by Gasteiger charge is -2.16. The minimum absolute atomic E-state index is 0.711. The lowest BCUT2D eigenvalue weighted by Crippen LogP contribution is -2.38. The van der Waals surface area contributed by atoms with Gasteiger partial charge in [0, 0.05) is 45.4 Å². The molecule has 0 atom stereocenters. The first-order valence-corrected chi connectivity index (χ1v) is 9.04. The van der Waals surface area contributed by atoms with Crippen LogP contribution in [0, 0.1) is 0 Å². The zero-order valence-corrected chi connectivity index (χ0v) is 15.1. The zero-order chi connectivity index (χ0) is 16.7. The summed E-state index contributed by atoms with van der Waals surface area (Å²) in [6.07, 6.45) is 2.10. The number of anilines is 1. The molecule has 124 valence electrons. The van der Waals surface area contributed by atoms with E-state index in [9.17, 15) is 0 Å². The first-order valence-electron chi connectivity index (χ1n) is 7.65. The summed E-state index contributed by atoms with van der Waals surface area (Å²) >= 11 is 1.82. The van der Waals surface area contributed by atoms with Crippen molar-refractivity contribution < 1.29 is 0 Å². The van der Waals surface area contributed by atoms with Crippen molar-refractivity contribution in [2.45, 2.75) is 6.54 Å². The van der Waals surface area contributed by atoms with E-state index in [1.165, 1.54) is 10.9 Å². The maximum absolute atomic E-state index is 4.69. The van der Waals surface area contributed by atoms with E-state index in [0.717, 1.165) is 29.6 Å². The molecule has 1 aromatic carbocycles. The fraction of sp³-hybridized carbons (Fsp3) is 0.412. The average Bonchev–Trinajstić information content (AvgIpc) is 2.57. The number of aromatic nitrogens is 1. The lowest BCUT2D eigenvalue weighted by atomic mass is 10.1. The van der Waals surface area contributed by atoms with Crippen LogP contribution >= 0.6 is 11.8 Å². The number of para-hydroxylation sites is 1. The van der Waals surface area contributed by atoms with Crippen LogP contribution in [0.15, 0.2) is 35.3 Å². The standard InChI is InChI=1S/C17H25N5S/c1-18-17(19-9-10-23-4)20-12-13-11-16(22(2)3)21-15-8-6-5-7-14(13)15/h5-8,11H,9-10,12H2,1-4H3,(H2,18,19,20). The van der Waals surface area contributed by atoms with Gasteiger partial charge in [-0.3, -0.25) is 4.99 Å². The summed E-state index contributed by atoms with van der Waals surface area (Å²) in [5, 5.41) is 7.88. The number of benzene rings is 1. The van der Waals surface area contributed by atoms with Gasteiger partial charge in [0.25, 0.3) is 0 Å². The van der Waals surface area contributed by atoms with Crippen molar-refractivity contribution in [1.29, 1.82) is 0 Å². The van der Waals surface area contributed by atoms with Gasteiger partial charge in [0.2, 0.25) is 0 Å². The predicted molar refractivity (Wildman–Crippen MR) is 103 cm³/mol. The average molecular weight is 331 g/mol. The van der Waals surface area contributed by atoms with E-state index in [2.05, 4.69) is 40.1 Å². The van der Waals surface area contributed by atoms with Crippen molar-refractivity contribution in [1.82, 2.24) is 15.6 Å². The number of guanidine groups is 1. The maximum Gasteiger partial charge on any atom is 0.191 e. The van der Waals surface area contributed by atoms with Crippen molar-refractivity contribution in [3.8, 4) is 0 Å². The van der Waals surface area contributed by atoms with E-state index in [4.69, 9.17) is 4.98 Å². The minimum Gasteiger partial charge on any atom is -0.363 e. The van der Waals surface area contributed by atoms with E-state index >= 15 is 0 Å². The zero-order valence-electron chi connectivity index (χ0n) is 14.3. The number of thioether (sulfide) groups is 1. The monoisotopic (exact) mass is 331 g/mol. The Labute approximate surface area is 142 Å². The molecule has 6 heteroatoms. The maximum atomic E-state index is 4.69. The lowest BCUT2D eigenvalue weighted by molar-refractivity contribution is 0.835. The number of nitrogens with one attached hydrogen (secondary N) is 2. The van der Waals surface area contributed by atoms with Crippen LogP contribution in [0.3, 0.4) is 0 Å². The fourth-order valence-corrected chi connectivity index (χ4v) is 2.58. The van der Waals surface area contributed by atoms with Crippen molar-refractivity contribution in [3.05, 3.63) is 35.9 Å². The van der Waals surface area contributed by atoms with Crippen LogP contribution in [0.4, 0.5) is 5.82 Å². The first-order chi connectivity index (χ1) is 11.2. The van der Waals surface area contributed by atoms with Gasteiger partial charge < -0.3 is 15.5 Å². The number of hydrogen-bond acceptors (Lipinski definition) is 4.